The topological polar surface area (TPSA) is 88.8 Å². The van der Waals surface area contributed by atoms with Crippen molar-refractivity contribution in [3.05, 3.63) is 28.2 Å². The molecule has 2 aromatic rings. The predicted molar refractivity (Wildman–Crippen MR) is 81.4 cm³/mol. The predicted octanol–water partition coefficient (Wildman–Crippen LogP) is 3.84. The molecule has 22 heavy (non-hydrogen) atoms. The molecule has 0 saturated carbocycles. The van der Waals surface area contributed by atoms with Gasteiger partial charge in [-0.3, -0.25) is 14.9 Å². The summed E-state index contributed by atoms with van der Waals surface area (Å²) in [5.41, 5.74) is 0.289. The lowest BCUT2D eigenvalue weighted by Crippen LogP contribution is -2.08. The van der Waals surface area contributed by atoms with Gasteiger partial charge in [0.1, 0.15) is 0 Å². The molecule has 0 bridgehead atoms. The molecule has 0 atom stereocenters. The number of ether oxygens (including phenoxy) is 1. The Balaban J connectivity index is 2.61. The first-order chi connectivity index (χ1) is 10.3. The molecule has 116 valence electrons. The molecule has 1 heterocycles. The fraction of sp³-hybridized carbons (Fsp3) is 0.143. The molecule has 0 radical (unpaired) electrons. The summed E-state index contributed by atoms with van der Waals surface area (Å²) in [4.78, 5) is 22.3. The van der Waals surface area contributed by atoms with Crippen LogP contribution in [0.5, 0.6) is 11.5 Å². The maximum atomic E-state index is 11.2. The summed E-state index contributed by atoms with van der Waals surface area (Å²) in [7, 11) is 0. The molecular formula is C14H11Cl2NO5. The maximum absolute atomic E-state index is 11.2. The van der Waals surface area contributed by atoms with Crippen molar-refractivity contribution in [2.75, 3.05) is 5.32 Å². The van der Waals surface area contributed by atoms with Gasteiger partial charge in [-0.25, -0.2) is 0 Å². The summed E-state index contributed by atoms with van der Waals surface area (Å²) in [6.45, 7) is 2.39. The van der Waals surface area contributed by atoms with Crippen LogP contribution < -0.4 is 10.1 Å². The number of hydrogen-bond donors (Lipinski definition) is 2. The van der Waals surface area contributed by atoms with Gasteiger partial charge in [-0.2, -0.15) is 0 Å². The van der Waals surface area contributed by atoms with E-state index in [1.807, 2.05) is 0 Å². The molecule has 0 unspecified atom stereocenters. The van der Waals surface area contributed by atoms with E-state index in [0.717, 1.165) is 6.92 Å². The van der Waals surface area contributed by atoms with Gasteiger partial charge in [0.15, 0.2) is 5.76 Å². The van der Waals surface area contributed by atoms with Crippen LogP contribution in [0.4, 0.5) is 5.88 Å². The van der Waals surface area contributed by atoms with E-state index in [4.69, 9.17) is 32.4 Å². The van der Waals surface area contributed by atoms with E-state index in [9.17, 15) is 14.7 Å². The van der Waals surface area contributed by atoms with Gasteiger partial charge in [-0.1, -0.05) is 23.2 Å². The Morgan fingerprint density at radius 3 is 2.55 bits per heavy atom. The highest BCUT2D eigenvalue weighted by molar-refractivity contribution is 6.35. The fourth-order valence-corrected chi connectivity index (χ4v) is 2.12. The number of esters is 1. The number of aromatic hydroxyl groups is 1. The highest BCUT2D eigenvalue weighted by atomic mass is 35.5. The second-order valence-electron chi connectivity index (χ2n) is 4.34. The average Bonchev–Trinajstić information content (AvgIpc) is 2.69. The number of halogens is 2. The fourth-order valence-electron chi connectivity index (χ4n) is 1.74. The summed E-state index contributed by atoms with van der Waals surface area (Å²) in [5.74, 6) is -2.20. The highest BCUT2D eigenvalue weighted by Crippen LogP contribution is 2.48. The Bertz CT molecular complexity index is 754. The van der Waals surface area contributed by atoms with Crippen LogP contribution in [0.25, 0.3) is 11.3 Å². The molecule has 0 aliphatic heterocycles. The summed E-state index contributed by atoms with van der Waals surface area (Å²) in [6.07, 6.45) is 0. The third kappa shape index (κ3) is 3.35. The molecule has 8 heteroatoms. The minimum atomic E-state index is -0.688. The van der Waals surface area contributed by atoms with Crippen LogP contribution in [-0.4, -0.2) is 17.0 Å². The second-order valence-corrected chi connectivity index (χ2v) is 5.18. The summed E-state index contributed by atoms with van der Waals surface area (Å²) < 4.78 is 10.3. The molecule has 6 nitrogen and oxygen atoms in total. The SMILES string of the molecule is CC(=O)Nc1oc(-c2cc(Cl)ccc2Cl)c(O)c1OC(C)=O. The number of amides is 1. The lowest BCUT2D eigenvalue weighted by molar-refractivity contribution is -0.132. The lowest BCUT2D eigenvalue weighted by Gasteiger charge is -2.02. The number of nitrogens with one attached hydrogen (secondary N) is 1. The molecule has 0 aliphatic rings. The number of carbonyl (C=O) groups is 2. The summed E-state index contributed by atoms with van der Waals surface area (Å²) >= 11 is 11.9. The van der Waals surface area contributed by atoms with Crippen molar-refractivity contribution >= 4 is 41.0 Å². The Kier molecular flexibility index (Phi) is 4.63. The van der Waals surface area contributed by atoms with Gasteiger partial charge in [0.25, 0.3) is 0 Å². The van der Waals surface area contributed by atoms with E-state index < -0.39 is 17.6 Å². The third-order valence-corrected chi connectivity index (χ3v) is 3.11. The molecular weight excluding hydrogens is 333 g/mol. The zero-order valence-corrected chi connectivity index (χ0v) is 13.1. The normalized spacial score (nSPS) is 10.4. The number of furan rings is 1. The van der Waals surface area contributed by atoms with E-state index in [-0.39, 0.29) is 28.0 Å². The van der Waals surface area contributed by atoms with Gasteiger partial charge in [0, 0.05) is 24.4 Å². The van der Waals surface area contributed by atoms with Gasteiger partial charge in [-0.05, 0) is 18.2 Å². The molecule has 1 aromatic carbocycles. The van der Waals surface area contributed by atoms with E-state index in [0.29, 0.717) is 5.02 Å². The molecule has 0 saturated heterocycles. The van der Waals surface area contributed by atoms with Crippen LogP contribution in [0.3, 0.4) is 0 Å². The van der Waals surface area contributed by atoms with Gasteiger partial charge >= 0.3 is 5.97 Å². The molecule has 1 aromatic heterocycles. The first kappa shape index (κ1) is 16.2. The van der Waals surface area contributed by atoms with Crippen LogP contribution in [0.2, 0.25) is 10.0 Å². The second kappa shape index (κ2) is 6.29. The van der Waals surface area contributed by atoms with Crippen LogP contribution in [0.15, 0.2) is 22.6 Å². The summed E-state index contributed by atoms with van der Waals surface area (Å²) in [5, 5.41) is 13.2. The Morgan fingerprint density at radius 1 is 1.27 bits per heavy atom. The number of hydrogen-bond acceptors (Lipinski definition) is 5. The van der Waals surface area contributed by atoms with Crippen molar-refractivity contribution in [1.82, 2.24) is 0 Å². The van der Waals surface area contributed by atoms with Crippen LogP contribution >= 0.6 is 23.2 Å². The van der Waals surface area contributed by atoms with Crippen molar-refractivity contribution in [3.63, 3.8) is 0 Å². The zero-order valence-electron chi connectivity index (χ0n) is 11.6. The summed E-state index contributed by atoms with van der Waals surface area (Å²) in [6, 6.07) is 4.55. The van der Waals surface area contributed by atoms with Crippen molar-refractivity contribution in [3.8, 4) is 22.8 Å². The van der Waals surface area contributed by atoms with E-state index in [1.54, 1.807) is 6.07 Å². The number of rotatable bonds is 3. The van der Waals surface area contributed by atoms with Crippen LogP contribution in [0.1, 0.15) is 13.8 Å². The van der Waals surface area contributed by atoms with Gasteiger partial charge in [-0.15, -0.1) is 0 Å². The minimum absolute atomic E-state index is 0.0764. The quantitative estimate of drug-likeness (QED) is 0.826. The van der Waals surface area contributed by atoms with E-state index in [2.05, 4.69) is 5.32 Å². The molecule has 2 N–H and O–H groups in total. The third-order valence-electron chi connectivity index (χ3n) is 2.55. The number of carbonyl (C=O) groups excluding carboxylic acids is 2. The van der Waals surface area contributed by atoms with Crippen LogP contribution in [-0.2, 0) is 9.59 Å². The van der Waals surface area contributed by atoms with Gasteiger partial charge in [0.05, 0.1) is 5.02 Å². The smallest absolute Gasteiger partial charge is 0.308 e. The number of benzene rings is 1. The average molecular weight is 344 g/mol. The monoisotopic (exact) mass is 343 g/mol. The maximum Gasteiger partial charge on any atom is 0.308 e. The van der Waals surface area contributed by atoms with Crippen molar-refractivity contribution in [1.29, 1.82) is 0 Å². The van der Waals surface area contributed by atoms with Crippen molar-refractivity contribution < 1.29 is 23.8 Å². The highest BCUT2D eigenvalue weighted by Gasteiger charge is 2.26. The largest absolute Gasteiger partial charge is 0.502 e. The number of anilines is 1. The Labute approximate surface area is 135 Å². The Morgan fingerprint density at radius 2 is 1.95 bits per heavy atom. The minimum Gasteiger partial charge on any atom is -0.502 e. The van der Waals surface area contributed by atoms with Crippen LogP contribution in [0, 0.1) is 0 Å². The van der Waals surface area contributed by atoms with Gasteiger partial charge < -0.3 is 14.3 Å². The van der Waals surface area contributed by atoms with E-state index >= 15 is 0 Å². The molecule has 0 spiro atoms. The standard InChI is InChI=1S/C14H11Cl2NO5/c1-6(18)17-14-13(21-7(2)19)11(20)12(22-14)9-5-8(15)3-4-10(9)16/h3-5,20H,1-2H3,(H,17,18). The molecule has 2 rings (SSSR count). The first-order valence-electron chi connectivity index (χ1n) is 6.06. The van der Waals surface area contributed by atoms with E-state index in [1.165, 1.54) is 19.1 Å². The Hall–Kier alpha value is -2.18. The zero-order chi connectivity index (χ0) is 16.4. The van der Waals surface area contributed by atoms with Crippen molar-refractivity contribution in [2.24, 2.45) is 0 Å². The molecule has 0 fully saturated rings. The van der Waals surface area contributed by atoms with Gasteiger partial charge in [0.2, 0.25) is 23.3 Å². The first-order valence-corrected chi connectivity index (χ1v) is 6.82. The molecule has 1 amide bonds. The van der Waals surface area contributed by atoms with Crippen molar-refractivity contribution in [2.45, 2.75) is 13.8 Å². The lowest BCUT2D eigenvalue weighted by atomic mass is 10.1. The molecule has 0 aliphatic carbocycles.